The first-order chi connectivity index (χ1) is 11.0. The third-order valence-electron chi connectivity index (χ3n) is 3.29. The van der Waals surface area contributed by atoms with Gasteiger partial charge >= 0.3 is 0 Å². The molecule has 1 atom stereocenters. The molecule has 0 radical (unpaired) electrons. The van der Waals surface area contributed by atoms with Gasteiger partial charge in [0.05, 0.1) is 26.0 Å². The molecule has 3 aromatic rings. The Labute approximate surface area is 147 Å². The van der Waals surface area contributed by atoms with Crippen molar-refractivity contribution in [3.05, 3.63) is 67.6 Å². The average Bonchev–Trinajstić information content (AvgIpc) is 2.52. The predicted molar refractivity (Wildman–Crippen MR) is 92.9 cm³/mol. The Balaban J connectivity index is 1.96. The van der Waals surface area contributed by atoms with Crippen molar-refractivity contribution >= 4 is 45.7 Å². The van der Waals surface area contributed by atoms with Crippen molar-refractivity contribution < 1.29 is 4.74 Å². The van der Waals surface area contributed by atoms with Gasteiger partial charge in [0.2, 0.25) is 0 Å². The molecule has 118 valence electrons. The quantitative estimate of drug-likeness (QED) is 0.659. The number of halogens is 3. The summed E-state index contributed by atoms with van der Waals surface area (Å²) in [4.78, 5) is 19.2. The molecule has 0 aliphatic rings. The van der Waals surface area contributed by atoms with E-state index in [2.05, 4.69) is 9.97 Å². The highest BCUT2D eigenvalue weighted by atomic mass is 35.5. The number of rotatable bonds is 3. The number of aromatic nitrogens is 2. The highest BCUT2D eigenvalue weighted by molar-refractivity contribution is 6.43. The van der Waals surface area contributed by atoms with Gasteiger partial charge in [-0.2, -0.15) is 0 Å². The van der Waals surface area contributed by atoms with Gasteiger partial charge in [-0.1, -0.05) is 46.9 Å². The third-order valence-corrected chi connectivity index (χ3v) is 4.31. The summed E-state index contributed by atoms with van der Waals surface area (Å²) in [5.41, 5.74) is 0.378. The number of para-hydroxylation sites is 1. The highest BCUT2D eigenvalue weighted by Gasteiger charge is 2.15. The Bertz CT molecular complexity index is 940. The molecule has 0 amide bonds. The van der Waals surface area contributed by atoms with Gasteiger partial charge in [-0.3, -0.25) is 4.79 Å². The molecule has 0 saturated carbocycles. The average molecular weight is 370 g/mol. The lowest BCUT2D eigenvalue weighted by molar-refractivity contribution is 0.217. The van der Waals surface area contributed by atoms with E-state index in [1.807, 2.05) is 6.07 Å². The van der Waals surface area contributed by atoms with Gasteiger partial charge < -0.3 is 9.72 Å². The van der Waals surface area contributed by atoms with Crippen molar-refractivity contribution in [2.75, 3.05) is 0 Å². The maximum atomic E-state index is 12.1. The first kappa shape index (κ1) is 16.1. The maximum absolute atomic E-state index is 12.1. The number of H-pyrrole nitrogens is 1. The van der Waals surface area contributed by atoms with E-state index in [4.69, 9.17) is 39.5 Å². The number of nitrogens with zero attached hydrogens (tertiary/aromatic N) is 1. The highest BCUT2D eigenvalue weighted by Crippen LogP contribution is 2.35. The lowest BCUT2D eigenvalue weighted by Gasteiger charge is -2.16. The van der Waals surface area contributed by atoms with Crippen LogP contribution in [-0.2, 0) is 0 Å². The standard InChI is InChI=1S/C16H11Cl3N2O2/c1-8(23-14-7-11(18)10(17)6-12(14)19)15-20-13-5-3-2-4-9(13)16(22)21-15/h2-8H,1H3,(H,20,21,22)/t8-/m1/s1. The van der Waals surface area contributed by atoms with Gasteiger partial charge in [-0.05, 0) is 25.1 Å². The Morgan fingerprint density at radius 1 is 1.09 bits per heavy atom. The molecule has 7 heteroatoms. The molecular weight excluding hydrogens is 359 g/mol. The van der Waals surface area contributed by atoms with Crippen molar-refractivity contribution in [3.63, 3.8) is 0 Å². The molecule has 1 aromatic heterocycles. The lowest BCUT2D eigenvalue weighted by Crippen LogP contribution is -2.16. The zero-order valence-electron chi connectivity index (χ0n) is 11.9. The minimum Gasteiger partial charge on any atom is -0.481 e. The van der Waals surface area contributed by atoms with Gasteiger partial charge in [0, 0.05) is 6.07 Å². The number of nitrogens with one attached hydrogen (secondary N) is 1. The van der Waals surface area contributed by atoms with E-state index >= 15 is 0 Å². The molecule has 4 nitrogen and oxygen atoms in total. The Morgan fingerprint density at radius 3 is 2.57 bits per heavy atom. The monoisotopic (exact) mass is 368 g/mol. The fourth-order valence-corrected chi connectivity index (χ4v) is 2.72. The van der Waals surface area contributed by atoms with Crippen LogP contribution < -0.4 is 10.3 Å². The van der Waals surface area contributed by atoms with Crippen LogP contribution in [0.3, 0.4) is 0 Å². The van der Waals surface area contributed by atoms with Crippen LogP contribution in [0.1, 0.15) is 18.9 Å². The summed E-state index contributed by atoms with van der Waals surface area (Å²) in [7, 11) is 0. The molecule has 1 heterocycles. The van der Waals surface area contributed by atoms with Crippen LogP contribution in [-0.4, -0.2) is 9.97 Å². The predicted octanol–water partition coefficient (Wildman–Crippen LogP) is 5.02. The Hall–Kier alpha value is -1.75. The lowest BCUT2D eigenvalue weighted by atomic mass is 10.2. The molecule has 0 bridgehead atoms. The van der Waals surface area contributed by atoms with E-state index in [1.165, 1.54) is 12.1 Å². The molecule has 0 unspecified atom stereocenters. The Morgan fingerprint density at radius 2 is 1.78 bits per heavy atom. The number of aromatic amines is 1. The van der Waals surface area contributed by atoms with E-state index in [9.17, 15) is 4.79 Å². The fourth-order valence-electron chi connectivity index (χ4n) is 2.14. The second kappa shape index (κ2) is 6.40. The molecule has 0 saturated heterocycles. The van der Waals surface area contributed by atoms with Crippen LogP contribution in [0.25, 0.3) is 10.9 Å². The largest absolute Gasteiger partial charge is 0.481 e. The number of fused-ring (bicyclic) bond motifs is 1. The number of benzene rings is 2. The second-order valence-corrected chi connectivity index (χ2v) is 6.15. The third kappa shape index (κ3) is 3.29. The number of hydrogen-bond donors (Lipinski definition) is 1. The summed E-state index contributed by atoms with van der Waals surface area (Å²) in [5.74, 6) is 0.764. The van der Waals surface area contributed by atoms with E-state index in [0.717, 1.165) is 0 Å². The molecule has 23 heavy (non-hydrogen) atoms. The minimum atomic E-state index is -0.526. The van der Waals surface area contributed by atoms with Gasteiger partial charge in [-0.25, -0.2) is 4.98 Å². The van der Waals surface area contributed by atoms with Crippen LogP contribution in [0.5, 0.6) is 5.75 Å². The summed E-state index contributed by atoms with van der Waals surface area (Å²) in [6, 6.07) is 10.1. The van der Waals surface area contributed by atoms with Crippen LogP contribution in [0.15, 0.2) is 41.2 Å². The molecule has 0 aliphatic heterocycles. The first-order valence-electron chi connectivity index (χ1n) is 6.76. The fraction of sp³-hybridized carbons (Fsp3) is 0.125. The zero-order chi connectivity index (χ0) is 16.6. The minimum absolute atomic E-state index is 0.221. The summed E-state index contributed by atoms with van der Waals surface area (Å²) >= 11 is 18.0. The summed E-state index contributed by atoms with van der Waals surface area (Å²) < 4.78 is 5.76. The molecule has 0 aliphatic carbocycles. The van der Waals surface area contributed by atoms with Crippen molar-refractivity contribution in [1.82, 2.24) is 9.97 Å². The molecule has 0 spiro atoms. The molecule has 1 N–H and O–H groups in total. The molecular formula is C16H11Cl3N2O2. The number of hydrogen-bond acceptors (Lipinski definition) is 3. The SMILES string of the molecule is C[C@@H](Oc1cc(Cl)c(Cl)cc1Cl)c1nc2ccccc2c(=O)[nH]1. The van der Waals surface area contributed by atoms with Crippen molar-refractivity contribution in [3.8, 4) is 5.75 Å². The van der Waals surface area contributed by atoms with Crippen LogP contribution in [0, 0.1) is 0 Å². The van der Waals surface area contributed by atoms with Crippen molar-refractivity contribution in [2.24, 2.45) is 0 Å². The smallest absolute Gasteiger partial charge is 0.258 e. The Kier molecular flexibility index (Phi) is 4.48. The molecule has 0 fully saturated rings. The summed E-state index contributed by atoms with van der Waals surface area (Å²) in [6.07, 6.45) is -0.526. The van der Waals surface area contributed by atoms with Crippen LogP contribution in [0.2, 0.25) is 15.1 Å². The topological polar surface area (TPSA) is 55.0 Å². The van der Waals surface area contributed by atoms with Gasteiger partial charge in [0.25, 0.3) is 5.56 Å². The van der Waals surface area contributed by atoms with E-state index in [-0.39, 0.29) is 5.56 Å². The van der Waals surface area contributed by atoms with Gasteiger partial charge in [-0.15, -0.1) is 0 Å². The molecule has 2 aromatic carbocycles. The van der Waals surface area contributed by atoms with Crippen molar-refractivity contribution in [2.45, 2.75) is 13.0 Å². The normalized spacial score (nSPS) is 12.3. The van der Waals surface area contributed by atoms with E-state index in [1.54, 1.807) is 25.1 Å². The zero-order valence-corrected chi connectivity index (χ0v) is 14.2. The van der Waals surface area contributed by atoms with Crippen molar-refractivity contribution in [1.29, 1.82) is 0 Å². The second-order valence-electron chi connectivity index (χ2n) is 4.93. The van der Waals surface area contributed by atoms with E-state index in [0.29, 0.717) is 37.5 Å². The maximum Gasteiger partial charge on any atom is 0.258 e. The van der Waals surface area contributed by atoms with Crippen LogP contribution in [0.4, 0.5) is 0 Å². The van der Waals surface area contributed by atoms with Crippen LogP contribution >= 0.6 is 34.8 Å². The van der Waals surface area contributed by atoms with E-state index < -0.39 is 6.10 Å². The summed E-state index contributed by atoms with van der Waals surface area (Å²) in [5, 5.41) is 1.53. The van der Waals surface area contributed by atoms with Gasteiger partial charge in [0.15, 0.2) is 11.9 Å². The number of ether oxygens (including phenoxy) is 1. The van der Waals surface area contributed by atoms with Gasteiger partial charge in [0.1, 0.15) is 5.75 Å². The summed E-state index contributed by atoms with van der Waals surface area (Å²) in [6.45, 7) is 1.76. The first-order valence-corrected chi connectivity index (χ1v) is 7.89. The molecule has 3 rings (SSSR count).